The van der Waals surface area contributed by atoms with Gasteiger partial charge in [0.1, 0.15) is 0 Å². The molecule has 0 aliphatic heterocycles. The Morgan fingerprint density at radius 2 is 2.27 bits per heavy atom. The summed E-state index contributed by atoms with van der Waals surface area (Å²) in [5.41, 5.74) is 6.63. The van der Waals surface area contributed by atoms with Crippen LogP contribution in [0.1, 0.15) is 20.3 Å². The maximum atomic E-state index is 8.76. The highest BCUT2D eigenvalue weighted by Gasteiger charge is 2.02. The van der Waals surface area contributed by atoms with Crippen LogP contribution in [0.2, 0.25) is 0 Å². The highest BCUT2D eigenvalue weighted by atomic mass is 16.3. The van der Waals surface area contributed by atoms with Gasteiger partial charge in [-0.15, -0.1) is 0 Å². The molecule has 0 fully saturated rings. The second-order valence-corrected chi connectivity index (χ2v) is 2.40. The van der Waals surface area contributed by atoms with Crippen molar-refractivity contribution >= 4 is 0 Å². The predicted molar refractivity (Wildman–Crippen MR) is 48.2 cm³/mol. The summed E-state index contributed by atoms with van der Waals surface area (Å²) in [6.07, 6.45) is 6.84. The lowest BCUT2D eigenvalue weighted by molar-refractivity contribution is 0.280. The van der Waals surface area contributed by atoms with Crippen molar-refractivity contribution in [1.82, 2.24) is 0 Å². The molecule has 1 atom stereocenters. The van der Waals surface area contributed by atoms with Gasteiger partial charge in [0.25, 0.3) is 0 Å². The summed E-state index contributed by atoms with van der Waals surface area (Å²) in [5, 5.41) is 8.76. The zero-order valence-electron chi connectivity index (χ0n) is 7.25. The van der Waals surface area contributed by atoms with Gasteiger partial charge in [-0.3, -0.25) is 0 Å². The monoisotopic (exact) mass is 155 g/mol. The Balaban J connectivity index is 4.21. The molecule has 1 unspecified atom stereocenters. The van der Waals surface area contributed by atoms with E-state index in [1.807, 2.05) is 32.1 Å². The molecule has 0 spiro atoms. The quantitative estimate of drug-likeness (QED) is 0.600. The zero-order valence-corrected chi connectivity index (χ0v) is 7.25. The molecule has 0 rings (SSSR count). The summed E-state index contributed by atoms with van der Waals surface area (Å²) < 4.78 is 0. The van der Waals surface area contributed by atoms with E-state index in [4.69, 9.17) is 10.8 Å². The first-order valence-electron chi connectivity index (χ1n) is 3.95. The molecule has 2 heteroatoms. The molecular formula is C9H17NO. The normalized spacial score (nSPS) is 15.8. The van der Waals surface area contributed by atoms with E-state index in [9.17, 15) is 0 Å². The smallest absolute Gasteiger partial charge is 0.0624 e. The van der Waals surface area contributed by atoms with Crippen LogP contribution in [0.25, 0.3) is 0 Å². The molecule has 0 aromatic carbocycles. The third-order valence-electron chi connectivity index (χ3n) is 1.42. The van der Waals surface area contributed by atoms with Crippen molar-refractivity contribution in [2.75, 3.05) is 6.61 Å². The minimum Gasteiger partial charge on any atom is -0.394 e. The fourth-order valence-corrected chi connectivity index (χ4v) is 0.877. The average Bonchev–Trinajstić information content (AvgIpc) is 2.03. The zero-order chi connectivity index (χ0) is 8.69. The Morgan fingerprint density at radius 1 is 1.64 bits per heavy atom. The van der Waals surface area contributed by atoms with Gasteiger partial charge < -0.3 is 10.8 Å². The fourth-order valence-electron chi connectivity index (χ4n) is 0.877. The van der Waals surface area contributed by atoms with E-state index in [0.717, 1.165) is 12.0 Å². The van der Waals surface area contributed by atoms with E-state index < -0.39 is 0 Å². The molecule has 2 nitrogen and oxygen atoms in total. The molecule has 0 aromatic heterocycles. The molecule has 11 heavy (non-hydrogen) atoms. The van der Waals surface area contributed by atoms with Crippen molar-refractivity contribution in [3.8, 4) is 0 Å². The lowest BCUT2D eigenvalue weighted by Gasteiger charge is -2.08. The van der Waals surface area contributed by atoms with Gasteiger partial charge in [0.15, 0.2) is 0 Å². The number of aliphatic hydroxyl groups excluding tert-OH is 1. The Kier molecular flexibility index (Phi) is 5.80. The maximum absolute atomic E-state index is 8.76. The van der Waals surface area contributed by atoms with E-state index in [1.165, 1.54) is 0 Å². The molecule has 0 aliphatic rings. The summed E-state index contributed by atoms with van der Waals surface area (Å²) in [4.78, 5) is 0. The number of hydrogen-bond acceptors (Lipinski definition) is 2. The van der Waals surface area contributed by atoms with E-state index in [-0.39, 0.29) is 12.6 Å². The highest BCUT2D eigenvalue weighted by Crippen LogP contribution is 2.03. The Morgan fingerprint density at radius 3 is 2.64 bits per heavy atom. The Bertz CT molecular complexity index is 150. The first-order chi connectivity index (χ1) is 5.26. The summed E-state index contributed by atoms with van der Waals surface area (Å²) >= 11 is 0. The van der Waals surface area contributed by atoms with Crippen molar-refractivity contribution < 1.29 is 5.11 Å². The van der Waals surface area contributed by atoms with Gasteiger partial charge in [-0.05, 0) is 18.9 Å². The van der Waals surface area contributed by atoms with E-state index in [1.54, 1.807) is 0 Å². The largest absolute Gasteiger partial charge is 0.394 e. The Labute approximate surface area is 68.4 Å². The topological polar surface area (TPSA) is 46.2 Å². The molecule has 0 aliphatic carbocycles. The van der Waals surface area contributed by atoms with Crippen LogP contribution in [0.15, 0.2) is 23.8 Å². The van der Waals surface area contributed by atoms with Crippen LogP contribution in [0, 0.1) is 0 Å². The van der Waals surface area contributed by atoms with Crippen LogP contribution in [-0.4, -0.2) is 17.8 Å². The minimum atomic E-state index is -0.230. The second-order valence-electron chi connectivity index (χ2n) is 2.40. The molecule has 64 valence electrons. The molecule has 0 saturated heterocycles. The fraction of sp³-hybridized carbons (Fsp3) is 0.556. The molecule has 0 saturated carbocycles. The number of hydrogen-bond donors (Lipinski definition) is 2. The van der Waals surface area contributed by atoms with Gasteiger partial charge in [0.05, 0.1) is 12.6 Å². The molecule has 3 N–H and O–H groups in total. The number of rotatable bonds is 4. The first-order valence-corrected chi connectivity index (χ1v) is 3.95. The number of nitrogens with two attached hydrogens (primary N) is 1. The first kappa shape index (κ1) is 10.4. The van der Waals surface area contributed by atoms with Crippen molar-refractivity contribution in [3.63, 3.8) is 0 Å². The minimum absolute atomic E-state index is 0.0101. The van der Waals surface area contributed by atoms with Crippen LogP contribution >= 0.6 is 0 Å². The van der Waals surface area contributed by atoms with Gasteiger partial charge in [0.2, 0.25) is 0 Å². The van der Waals surface area contributed by atoms with Crippen molar-refractivity contribution in [1.29, 1.82) is 0 Å². The summed E-state index contributed by atoms with van der Waals surface area (Å²) in [7, 11) is 0. The van der Waals surface area contributed by atoms with Crippen molar-refractivity contribution in [3.05, 3.63) is 23.8 Å². The standard InChI is InChI=1S/C9H17NO/c1-3-5-8(6-4-2)9(10)7-11/h3,5-6,9,11H,4,7,10H2,1-2H3. The van der Waals surface area contributed by atoms with Crippen LogP contribution in [0.3, 0.4) is 0 Å². The number of allylic oxidation sites excluding steroid dienone is 2. The van der Waals surface area contributed by atoms with Crippen LogP contribution in [0.5, 0.6) is 0 Å². The van der Waals surface area contributed by atoms with Gasteiger partial charge in [-0.2, -0.15) is 0 Å². The third-order valence-corrected chi connectivity index (χ3v) is 1.42. The van der Waals surface area contributed by atoms with E-state index >= 15 is 0 Å². The molecule has 0 amide bonds. The predicted octanol–water partition coefficient (Wildman–Crippen LogP) is 1.22. The van der Waals surface area contributed by atoms with E-state index in [0.29, 0.717) is 0 Å². The molecular weight excluding hydrogens is 138 g/mol. The highest BCUT2D eigenvalue weighted by molar-refractivity contribution is 5.23. The third kappa shape index (κ3) is 3.96. The molecule has 0 bridgehead atoms. The van der Waals surface area contributed by atoms with Gasteiger partial charge >= 0.3 is 0 Å². The molecule has 0 heterocycles. The van der Waals surface area contributed by atoms with Crippen LogP contribution in [0.4, 0.5) is 0 Å². The summed E-state index contributed by atoms with van der Waals surface area (Å²) in [5.74, 6) is 0. The SMILES string of the molecule is CC=CC(=CCC)C(N)CO. The molecule has 0 aromatic rings. The molecule has 0 radical (unpaired) electrons. The average molecular weight is 155 g/mol. The Hall–Kier alpha value is -0.600. The lowest BCUT2D eigenvalue weighted by atomic mass is 10.1. The summed E-state index contributed by atoms with van der Waals surface area (Å²) in [6, 6.07) is -0.230. The van der Waals surface area contributed by atoms with Gasteiger partial charge in [0, 0.05) is 0 Å². The number of aliphatic hydroxyl groups is 1. The maximum Gasteiger partial charge on any atom is 0.0624 e. The summed E-state index contributed by atoms with van der Waals surface area (Å²) in [6.45, 7) is 4.00. The van der Waals surface area contributed by atoms with Gasteiger partial charge in [-0.25, -0.2) is 0 Å². The van der Waals surface area contributed by atoms with Gasteiger partial charge in [-0.1, -0.05) is 25.2 Å². The second kappa shape index (κ2) is 6.13. The van der Waals surface area contributed by atoms with Crippen molar-refractivity contribution in [2.45, 2.75) is 26.3 Å². The van der Waals surface area contributed by atoms with E-state index in [2.05, 4.69) is 0 Å². The van der Waals surface area contributed by atoms with Crippen LogP contribution in [-0.2, 0) is 0 Å². The lowest BCUT2D eigenvalue weighted by Crippen LogP contribution is -2.25. The van der Waals surface area contributed by atoms with Crippen molar-refractivity contribution in [2.24, 2.45) is 5.73 Å². The van der Waals surface area contributed by atoms with Crippen LogP contribution < -0.4 is 5.73 Å².